The summed E-state index contributed by atoms with van der Waals surface area (Å²) >= 11 is 9.53. The monoisotopic (exact) mass is 480 g/mol. The van der Waals surface area contributed by atoms with E-state index >= 15 is 0 Å². The van der Waals surface area contributed by atoms with E-state index in [-0.39, 0.29) is 10.8 Å². The molecule has 0 unspecified atom stereocenters. The average Bonchev–Trinajstić information content (AvgIpc) is 3.26. The van der Waals surface area contributed by atoms with E-state index in [1.54, 1.807) is 0 Å². The molecule has 1 saturated carbocycles. The topological polar surface area (TPSA) is 41.6 Å². The van der Waals surface area contributed by atoms with E-state index in [4.69, 9.17) is 27.9 Å². The number of amides is 1. The normalized spacial score (nSPS) is 26.5. The molecule has 2 atom stereocenters. The van der Waals surface area contributed by atoms with Crippen molar-refractivity contribution in [1.82, 2.24) is 10.2 Å². The van der Waals surface area contributed by atoms with Crippen LogP contribution in [0.25, 0.3) is 5.57 Å². The highest BCUT2D eigenvalue weighted by Gasteiger charge is 2.49. The van der Waals surface area contributed by atoms with Crippen molar-refractivity contribution in [3.8, 4) is 0 Å². The third-order valence-electron chi connectivity index (χ3n) is 7.41. The summed E-state index contributed by atoms with van der Waals surface area (Å²) in [6, 6.07) is 11.6. The van der Waals surface area contributed by atoms with Crippen molar-refractivity contribution in [2.24, 2.45) is 11.3 Å². The van der Waals surface area contributed by atoms with Crippen LogP contribution in [-0.2, 0) is 9.53 Å². The minimum Gasteiger partial charge on any atom is -0.381 e. The molecule has 2 aliphatic heterocycles. The van der Waals surface area contributed by atoms with Crippen molar-refractivity contribution in [2.75, 3.05) is 31.6 Å². The Morgan fingerprint density at radius 1 is 1.16 bits per heavy atom. The lowest BCUT2D eigenvalue weighted by molar-refractivity contribution is -0.144. The highest BCUT2D eigenvalue weighted by Crippen LogP contribution is 2.46. The minimum atomic E-state index is -0.207. The highest BCUT2D eigenvalue weighted by molar-refractivity contribution is 6.40. The SMILES string of the molecule is CC(C)[C@]1(C(=O)N2CC=C(c3ccccc3)CC2)CC[C@@H](NC2CCOCC2)C1.ClCCl. The largest absolute Gasteiger partial charge is 0.381 e. The molecule has 32 heavy (non-hydrogen) atoms. The number of benzene rings is 1. The molecule has 1 aliphatic carbocycles. The van der Waals surface area contributed by atoms with E-state index < -0.39 is 0 Å². The molecule has 3 aliphatic rings. The summed E-state index contributed by atoms with van der Waals surface area (Å²) < 4.78 is 5.50. The van der Waals surface area contributed by atoms with E-state index in [2.05, 4.69) is 60.5 Å². The number of carbonyl (C=O) groups is 1. The molecule has 1 aromatic carbocycles. The lowest BCUT2D eigenvalue weighted by atomic mass is 9.74. The number of carbonyl (C=O) groups excluding carboxylic acids is 1. The van der Waals surface area contributed by atoms with Gasteiger partial charge in [0.1, 0.15) is 0 Å². The third kappa shape index (κ3) is 6.28. The fourth-order valence-electron chi connectivity index (χ4n) is 5.46. The molecule has 6 heteroatoms. The summed E-state index contributed by atoms with van der Waals surface area (Å²) in [6.45, 7) is 7.79. The van der Waals surface area contributed by atoms with E-state index in [0.717, 1.165) is 64.8 Å². The predicted molar refractivity (Wildman–Crippen MR) is 134 cm³/mol. The van der Waals surface area contributed by atoms with Crippen LogP contribution in [0.15, 0.2) is 36.4 Å². The van der Waals surface area contributed by atoms with Crippen molar-refractivity contribution in [3.05, 3.63) is 42.0 Å². The van der Waals surface area contributed by atoms with Gasteiger partial charge in [-0.2, -0.15) is 0 Å². The molecule has 1 amide bonds. The highest BCUT2D eigenvalue weighted by atomic mass is 35.5. The smallest absolute Gasteiger partial charge is 0.229 e. The number of rotatable bonds is 5. The Hall–Kier alpha value is -1.07. The number of hydrogen-bond donors (Lipinski definition) is 1. The molecule has 1 saturated heterocycles. The molecule has 2 heterocycles. The summed E-state index contributed by atoms with van der Waals surface area (Å²) in [6.07, 6.45) is 8.50. The van der Waals surface area contributed by atoms with Gasteiger partial charge in [0.15, 0.2) is 0 Å². The molecule has 0 radical (unpaired) electrons. The first kappa shape index (κ1) is 25.6. The fraction of sp³-hybridized carbons (Fsp3) is 0.654. The van der Waals surface area contributed by atoms with E-state index in [0.29, 0.717) is 23.9 Å². The van der Waals surface area contributed by atoms with Crippen molar-refractivity contribution in [3.63, 3.8) is 0 Å². The molecule has 0 bridgehead atoms. The molecule has 1 aromatic rings. The van der Waals surface area contributed by atoms with E-state index in [1.807, 2.05) is 0 Å². The maximum Gasteiger partial charge on any atom is 0.229 e. The molecular weight excluding hydrogens is 443 g/mol. The zero-order chi connectivity index (χ0) is 23.0. The first-order valence-corrected chi connectivity index (χ1v) is 13.1. The molecule has 2 fully saturated rings. The van der Waals surface area contributed by atoms with Gasteiger partial charge in [-0.15, -0.1) is 23.2 Å². The Bertz CT molecular complexity index is 749. The van der Waals surface area contributed by atoms with Crippen LogP contribution in [0.4, 0.5) is 0 Å². The van der Waals surface area contributed by atoms with Gasteiger partial charge in [-0.25, -0.2) is 0 Å². The molecule has 4 rings (SSSR count). The second-order valence-corrected chi connectivity index (χ2v) is 10.3. The second kappa shape index (κ2) is 12.4. The van der Waals surface area contributed by atoms with Crippen LogP contribution in [0.2, 0.25) is 0 Å². The number of nitrogens with zero attached hydrogens (tertiary/aromatic N) is 1. The standard InChI is InChI=1S/C25H36N2O2.CH2Cl2/c1-19(2)25(13-8-23(18-25)26-22-11-16-29-17-12-22)24(28)27-14-9-21(10-15-27)20-6-4-3-5-7-20;2-1-3/h3-7,9,19,22-23,26H,8,10-18H2,1-2H3;1H2/t23-,25+;/m1./s1. The minimum absolute atomic E-state index is 0.194. The lowest BCUT2D eigenvalue weighted by Gasteiger charge is -2.39. The Labute approximate surface area is 203 Å². The summed E-state index contributed by atoms with van der Waals surface area (Å²) in [5, 5.41) is 4.05. The Morgan fingerprint density at radius 2 is 1.84 bits per heavy atom. The first-order valence-electron chi connectivity index (χ1n) is 12.0. The van der Waals surface area contributed by atoms with Crippen LogP contribution < -0.4 is 5.32 Å². The molecule has 178 valence electrons. The third-order valence-corrected chi connectivity index (χ3v) is 7.41. The summed E-state index contributed by atoms with van der Waals surface area (Å²) in [5.74, 6) is 0.753. The van der Waals surface area contributed by atoms with Crippen LogP contribution in [0.3, 0.4) is 0 Å². The van der Waals surface area contributed by atoms with Crippen LogP contribution >= 0.6 is 23.2 Å². The number of alkyl halides is 2. The second-order valence-electron chi connectivity index (χ2n) is 9.50. The molecular formula is C26H38Cl2N2O2. The molecule has 4 nitrogen and oxygen atoms in total. The maximum atomic E-state index is 13.7. The van der Waals surface area contributed by atoms with Gasteiger partial charge in [-0.3, -0.25) is 4.79 Å². The van der Waals surface area contributed by atoms with Gasteiger partial charge in [0.2, 0.25) is 5.91 Å². The summed E-state index contributed by atoms with van der Waals surface area (Å²) in [4.78, 5) is 15.8. The van der Waals surface area contributed by atoms with Gasteiger partial charge in [-0.1, -0.05) is 50.3 Å². The molecule has 0 spiro atoms. The Kier molecular flexibility index (Phi) is 9.91. The van der Waals surface area contributed by atoms with Gasteiger partial charge in [-0.05, 0) is 55.6 Å². The Balaban J connectivity index is 0.000000913. The van der Waals surface area contributed by atoms with Crippen LogP contribution in [-0.4, -0.2) is 54.5 Å². The zero-order valence-corrected chi connectivity index (χ0v) is 21.0. The number of hydrogen-bond acceptors (Lipinski definition) is 3. The van der Waals surface area contributed by atoms with E-state index in [9.17, 15) is 4.79 Å². The summed E-state index contributed by atoms with van der Waals surface area (Å²) in [7, 11) is 0. The van der Waals surface area contributed by atoms with Gasteiger partial charge >= 0.3 is 0 Å². The first-order chi connectivity index (χ1) is 15.5. The van der Waals surface area contributed by atoms with Gasteiger partial charge in [0.05, 0.1) is 10.8 Å². The van der Waals surface area contributed by atoms with Crippen LogP contribution in [0.5, 0.6) is 0 Å². The van der Waals surface area contributed by atoms with Gasteiger partial charge in [0, 0.05) is 38.4 Å². The van der Waals surface area contributed by atoms with Crippen LogP contribution in [0.1, 0.15) is 57.9 Å². The fourth-order valence-corrected chi connectivity index (χ4v) is 5.46. The lowest BCUT2D eigenvalue weighted by Crippen LogP contribution is -2.48. The maximum absolute atomic E-state index is 13.7. The molecule has 1 N–H and O–H groups in total. The van der Waals surface area contributed by atoms with Crippen molar-refractivity contribution in [2.45, 2.75) is 64.5 Å². The summed E-state index contributed by atoms with van der Waals surface area (Å²) in [5.41, 5.74) is 2.46. The molecule has 0 aromatic heterocycles. The van der Waals surface area contributed by atoms with Crippen LogP contribution in [0, 0.1) is 11.3 Å². The number of halogens is 2. The zero-order valence-electron chi connectivity index (χ0n) is 19.5. The van der Waals surface area contributed by atoms with E-state index in [1.165, 1.54) is 11.1 Å². The van der Waals surface area contributed by atoms with Crippen molar-refractivity contribution < 1.29 is 9.53 Å². The Morgan fingerprint density at radius 3 is 2.44 bits per heavy atom. The number of ether oxygens (including phenoxy) is 1. The quantitative estimate of drug-likeness (QED) is 0.550. The van der Waals surface area contributed by atoms with Gasteiger partial charge in [0.25, 0.3) is 0 Å². The van der Waals surface area contributed by atoms with Gasteiger partial charge < -0.3 is 15.0 Å². The van der Waals surface area contributed by atoms with Crippen molar-refractivity contribution in [1.29, 1.82) is 0 Å². The number of nitrogens with one attached hydrogen (secondary N) is 1. The average molecular weight is 482 g/mol. The van der Waals surface area contributed by atoms with Crippen molar-refractivity contribution >= 4 is 34.7 Å². The predicted octanol–water partition coefficient (Wildman–Crippen LogP) is 5.69.